The van der Waals surface area contributed by atoms with Crippen molar-refractivity contribution in [3.05, 3.63) is 77.2 Å². The molecule has 63 heavy (non-hydrogen) atoms. The fraction of sp³-hybridized carbons (Fsp3) is 0.161. The van der Waals surface area contributed by atoms with Crippen LogP contribution in [0, 0.1) is 0 Å². The molecule has 2 aliphatic rings. The van der Waals surface area contributed by atoms with Crippen molar-refractivity contribution in [2.75, 3.05) is 25.6 Å². The predicted molar refractivity (Wildman–Crippen MR) is 192 cm³/mol. The molecule has 32 heteroatoms. The average Bonchev–Trinajstić information content (AvgIpc) is 3.88. The minimum Gasteiger partial charge on any atom is -0.744 e. The number of hydrogen-bond donors (Lipinski definition) is 3. The summed E-state index contributed by atoms with van der Waals surface area (Å²) >= 11 is 0.600. The number of likely N-dealkylation sites (tertiary alicyclic amines) is 1. The average molecular weight is 1050 g/mol. The fourth-order valence-electron chi connectivity index (χ4n) is 5.50. The number of nitrogens with zero attached hydrogens (tertiary/aromatic N) is 5. The molecular weight excluding hydrogens is 1030 g/mol. The van der Waals surface area contributed by atoms with Crippen molar-refractivity contribution in [1.82, 2.24) is 25.3 Å². The molecule has 3 aromatic rings. The summed E-state index contributed by atoms with van der Waals surface area (Å²) < 4.78 is 82.1. The SMILES string of the molecule is CNC(=O)C1=NN(c2cc(SOO[O-])ccc2S(=O)(=O)[O-])C(=O)/C1=C\C=C(C=Cc1c(C(=O)NC)nn(-c2cc(SOO[O-])ccc2S(=O)(=O)[O-])c1O)N1CCCC1=O.[K+].[K+].[K+].[K+]. The number of anilines is 1. The number of carbonyl (C=O) groups is 4. The largest absolute Gasteiger partial charge is 1.00 e. The number of aromatic hydroxyl groups is 1. The third-order valence-electron chi connectivity index (χ3n) is 8.06. The van der Waals surface area contributed by atoms with E-state index in [-0.39, 0.29) is 240 Å². The first-order valence-electron chi connectivity index (χ1n) is 16.0. The van der Waals surface area contributed by atoms with Crippen LogP contribution in [0.3, 0.4) is 0 Å². The van der Waals surface area contributed by atoms with Crippen molar-refractivity contribution >= 4 is 85.4 Å². The van der Waals surface area contributed by atoms with Crippen LogP contribution in [0.15, 0.2) is 90.6 Å². The molecule has 2 aliphatic heterocycles. The molecule has 5 rings (SSSR count). The van der Waals surface area contributed by atoms with Crippen molar-refractivity contribution in [1.29, 1.82) is 0 Å². The molecule has 24 nitrogen and oxygen atoms in total. The molecule has 3 heterocycles. The second-order valence-electron chi connectivity index (χ2n) is 11.5. The van der Waals surface area contributed by atoms with Gasteiger partial charge in [-0.2, -0.15) is 28.6 Å². The van der Waals surface area contributed by atoms with Gasteiger partial charge in [-0.1, -0.05) is 0 Å². The molecule has 0 aliphatic carbocycles. The van der Waals surface area contributed by atoms with E-state index in [1.807, 2.05) is 0 Å². The first-order valence-corrected chi connectivity index (χ1v) is 20.3. The number of nitrogens with one attached hydrogen (secondary N) is 2. The van der Waals surface area contributed by atoms with Gasteiger partial charge >= 0.3 is 206 Å². The summed E-state index contributed by atoms with van der Waals surface area (Å²) in [4.78, 5) is 52.2. The number of aromatic nitrogens is 2. The van der Waals surface area contributed by atoms with E-state index in [1.54, 1.807) is 0 Å². The van der Waals surface area contributed by atoms with E-state index in [0.29, 0.717) is 40.2 Å². The molecule has 0 unspecified atom stereocenters. The van der Waals surface area contributed by atoms with Gasteiger partial charge in [0.1, 0.15) is 20.2 Å². The summed E-state index contributed by atoms with van der Waals surface area (Å²) in [5.74, 6) is -4.32. The van der Waals surface area contributed by atoms with E-state index in [9.17, 15) is 60.7 Å². The molecule has 1 fully saturated rings. The second kappa shape index (κ2) is 28.0. The van der Waals surface area contributed by atoms with Gasteiger partial charge in [-0.25, -0.2) is 16.8 Å². The van der Waals surface area contributed by atoms with E-state index >= 15 is 0 Å². The van der Waals surface area contributed by atoms with Crippen LogP contribution >= 0.6 is 24.1 Å². The van der Waals surface area contributed by atoms with E-state index in [1.165, 1.54) is 31.1 Å². The van der Waals surface area contributed by atoms with Gasteiger partial charge in [0, 0.05) is 42.5 Å². The number of hydrogen-bond acceptors (Lipinski definition) is 21. The Labute approximate surface area is 536 Å². The van der Waals surface area contributed by atoms with Gasteiger partial charge in [-0.15, -0.1) is 0 Å². The Balaban J connectivity index is 0.00000496. The predicted octanol–water partition coefficient (Wildman–Crippen LogP) is -13.2. The number of rotatable bonds is 16. The molecule has 1 saturated heterocycles. The van der Waals surface area contributed by atoms with Gasteiger partial charge in [0.2, 0.25) is 11.8 Å². The topological polar surface area (TPSA) is 347 Å². The molecule has 4 amide bonds. The van der Waals surface area contributed by atoms with Crippen molar-refractivity contribution in [2.24, 2.45) is 5.10 Å². The van der Waals surface area contributed by atoms with Gasteiger partial charge in [0.15, 0.2) is 11.4 Å². The first kappa shape index (κ1) is 62.1. The maximum Gasteiger partial charge on any atom is 1.00 e. The van der Waals surface area contributed by atoms with Crippen LogP contribution < -0.4 is 232 Å². The third kappa shape index (κ3) is 15.5. The van der Waals surface area contributed by atoms with Gasteiger partial charge in [0.25, 0.3) is 17.7 Å². The quantitative estimate of drug-likeness (QED) is 0.0228. The maximum absolute atomic E-state index is 13.9. The smallest absolute Gasteiger partial charge is 0.744 e. The molecule has 0 radical (unpaired) electrons. The van der Waals surface area contributed by atoms with Crippen molar-refractivity contribution < 1.29 is 285 Å². The molecule has 1 aromatic heterocycles. The molecule has 0 saturated carbocycles. The Morgan fingerprint density at radius 3 is 1.89 bits per heavy atom. The van der Waals surface area contributed by atoms with E-state index < -0.39 is 87.9 Å². The monoisotopic (exact) mass is 1050 g/mol. The minimum atomic E-state index is -5.28. The van der Waals surface area contributed by atoms with Crippen LogP contribution in [0.5, 0.6) is 5.88 Å². The van der Waals surface area contributed by atoms with Gasteiger partial charge in [-0.05, 0) is 67.1 Å². The van der Waals surface area contributed by atoms with Gasteiger partial charge in [-0.3, -0.25) is 29.3 Å². The molecule has 3 N–H and O–H groups in total. The van der Waals surface area contributed by atoms with Crippen LogP contribution in [0.1, 0.15) is 28.9 Å². The summed E-state index contributed by atoms with van der Waals surface area (Å²) in [6.45, 7) is 0.122. The summed E-state index contributed by atoms with van der Waals surface area (Å²) in [5, 5.41) is 51.7. The molecule has 2 aromatic carbocycles. The van der Waals surface area contributed by atoms with Crippen LogP contribution in [0.2, 0.25) is 0 Å². The molecule has 0 bridgehead atoms. The van der Waals surface area contributed by atoms with Crippen molar-refractivity contribution in [3.8, 4) is 11.6 Å². The van der Waals surface area contributed by atoms with E-state index in [2.05, 4.69) is 39.6 Å². The second-order valence-corrected chi connectivity index (χ2v) is 15.7. The van der Waals surface area contributed by atoms with Crippen LogP contribution in [0.25, 0.3) is 11.8 Å². The Morgan fingerprint density at radius 1 is 0.857 bits per heavy atom. The van der Waals surface area contributed by atoms with Crippen molar-refractivity contribution in [2.45, 2.75) is 32.4 Å². The third-order valence-corrected chi connectivity index (χ3v) is 11.0. The number of carbonyl (C=O) groups excluding carboxylic acids is 4. The summed E-state index contributed by atoms with van der Waals surface area (Å²) in [6.07, 6.45) is 4.96. The Kier molecular flexibility index (Phi) is 27.6. The number of hydrazone groups is 1. The zero-order valence-electron chi connectivity index (χ0n) is 33.7. The molecule has 0 atom stereocenters. The van der Waals surface area contributed by atoms with Gasteiger partial charge in [0.05, 0.1) is 56.4 Å². The maximum atomic E-state index is 13.9. The Hall–Kier alpha value is 1.05. The first-order chi connectivity index (χ1) is 27.9. The Bertz CT molecular complexity index is 2580. The number of allylic oxidation sites excluding steroid dienone is 3. The zero-order valence-corrected chi connectivity index (χ0v) is 49.5. The van der Waals surface area contributed by atoms with Crippen LogP contribution in [0.4, 0.5) is 5.69 Å². The summed E-state index contributed by atoms with van der Waals surface area (Å²) in [6, 6.07) is 5.70. The van der Waals surface area contributed by atoms with E-state index in [4.69, 9.17) is 0 Å². The number of benzene rings is 2. The van der Waals surface area contributed by atoms with E-state index in [0.717, 1.165) is 48.6 Å². The van der Waals surface area contributed by atoms with Crippen molar-refractivity contribution in [3.63, 3.8) is 0 Å². The van der Waals surface area contributed by atoms with Crippen LogP contribution in [-0.4, -0.2) is 95.7 Å². The molecular formula is C31H25K4N7O17S4. The zero-order chi connectivity index (χ0) is 43.2. The number of amides is 4. The Morgan fingerprint density at radius 2 is 1.40 bits per heavy atom. The normalized spacial score (nSPS) is 14.8. The summed E-state index contributed by atoms with van der Waals surface area (Å²) in [5.41, 5.74) is -3.20. The molecule has 0 spiro atoms. The standard InChI is InChI=1S/C31H29N7O17S4.4K/c1-32-28(40)26-19(30(42)37(34-26)21-14-17(56-54-52-44)7-11-23(21)58(46,47)48)9-5-16(36-13-3-4-25(36)39)6-10-20-27(29(41)33-2)35-38(31(20)43)22-15-18(57-55-53-45)8-12-24(22)59(49,50)51;;;;/h5-12,14-15,42,44-45H,3-4,13H2,1-2H3,(H,32,40)(H,33,41)(H,46,47,48)(H,49,50,51);;;;/q;4*+1/p-4/b9-5?,16-6?,20-10-;;;;. The molecule has 314 valence electrons. The minimum absolute atomic E-state index is 0. The van der Waals surface area contributed by atoms with Gasteiger partial charge < -0.3 is 40.3 Å². The van der Waals surface area contributed by atoms with Crippen LogP contribution in [-0.2, 0) is 53.4 Å². The summed E-state index contributed by atoms with van der Waals surface area (Å²) in [7, 11) is -8.13. The fourth-order valence-corrected chi connectivity index (χ4v) is 7.55.